The summed E-state index contributed by atoms with van der Waals surface area (Å²) in [6.45, 7) is 9.59. The van der Waals surface area contributed by atoms with Crippen LogP contribution in [0.1, 0.15) is 42.5 Å². The smallest absolute Gasteiger partial charge is 0.244 e. The SMILES string of the molecule is CCNC(=O)[C@@H](CC)N(Cc1ccc(C)cc1)C(=O)CN(c1cc(C)ccc1C)S(C)(=O)=O. The number of nitrogens with one attached hydrogen (secondary N) is 1. The fourth-order valence-corrected chi connectivity index (χ4v) is 4.58. The normalized spacial score (nSPS) is 12.2. The number of rotatable bonds is 10. The predicted octanol–water partition coefficient (Wildman–Crippen LogP) is 3.32. The molecule has 0 aliphatic heterocycles. The number of hydrogen-bond acceptors (Lipinski definition) is 4. The summed E-state index contributed by atoms with van der Waals surface area (Å²) < 4.78 is 26.5. The van der Waals surface area contributed by atoms with Gasteiger partial charge in [0.1, 0.15) is 12.6 Å². The maximum absolute atomic E-state index is 13.6. The van der Waals surface area contributed by atoms with Gasteiger partial charge in [-0.1, -0.05) is 48.9 Å². The first-order valence-corrected chi connectivity index (χ1v) is 13.0. The van der Waals surface area contributed by atoms with E-state index in [2.05, 4.69) is 5.32 Å². The summed E-state index contributed by atoms with van der Waals surface area (Å²) in [4.78, 5) is 27.9. The molecule has 0 saturated carbocycles. The summed E-state index contributed by atoms with van der Waals surface area (Å²) in [5, 5.41) is 2.79. The molecule has 2 rings (SSSR count). The second-order valence-corrected chi connectivity index (χ2v) is 10.3. The third-order valence-electron chi connectivity index (χ3n) is 5.52. The monoisotopic (exact) mass is 473 g/mol. The third kappa shape index (κ3) is 7.05. The minimum absolute atomic E-state index is 0.207. The molecule has 2 aromatic carbocycles. The molecule has 0 spiro atoms. The molecule has 8 heteroatoms. The highest BCUT2D eigenvalue weighted by Gasteiger charge is 2.31. The van der Waals surface area contributed by atoms with Crippen molar-refractivity contribution in [2.24, 2.45) is 0 Å². The number of carbonyl (C=O) groups is 2. The van der Waals surface area contributed by atoms with Gasteiger partial charge in [0, 0.05) is 13.1 Å². The molecule has 2 aromatic rings. The van der Waals surface area contributed by atoms with E-state index in [1.807, 2.05) is 71.0 Å². The van der Waals surface area contributed by atoms with Crippen LogP contribution in [0.25, 0.3) is 0 Å². The molecule has 1 N–H and O–H groups in total. The molecular weight excluding hydrogens is 438 g/mol. The lowest BCUT2D eigenvalue weighted by Crippen LogP contribution is -2.52. The number of carbonyl (C=O) groups excluding carboxylic acids is 2. The Morgan fingerprint density at radius 1 is 0.970 bits per heavy atom. The van der Waals surface area contributed by atoms with Crippen LogP contribution in [0.4, 0.5) is 5.69 Å². The van der Waals surface area contributed by atoms with E-state index in [0.29, 0.717) is 18.7 Å². The first-order chi connectivity index (χ1) is 15.5. The average molecular weight is 474 g/mol. The van der Waals surface area contributed by atoms with E-state index in [1.54, 1.807) is 6.07 Å². The molecule has 0 aliphatic carbocycles. The highest BCUT2D eigenvalue weighted by Crippen LogP contribution is 2.25. The quantitative estimate of drug-likeness (QED) is 0.574. The molecule has 0 aliphatic rings. The summed E-state index contributed by atoms with van der Waals surface area (Å²) in [7, 11) is -3.74. The van der Waals surface area contributed by atoms with E-state index in [-0.39, 0.29) is 19.0 Å². The third-order valence-corrected chi connectivity index (χ3v) is 6.65. The molecular formula is C25H35N3O4S. The van der Waals surface area contributed by atoms with E-state index in [9.17, 15) is 18.0 Å². The van der Waals surface area contributed by atoms with Gasteiger partial charge in [-0.25, -0.2) is 8.42 Å². The Morgan fingerprint density at radius 3 is 2.12 bits per heavy atom. The van der Waals surface area contributed by atoms with Crippen molar-refractivity contribution in [1.82, 2.24) is 10.2 Å². The van der Waals surface area contributed by atoms with Gasteiger partial charge < -0.3 is 10.2 Å². The summed E-state index contributed by atoms with van der Waals surface area (Å²) in [6.07, 6.45) is 1.50. The zero-order valence-corrected chi connectivity index (χ0v) is 21.2. The Labute approximate surface area is 197 Å². The fourth-order valence-electron chi connectivity index (χ4n) is 3.68. The van der Waals surface area contributed by atoms with E-state index >= 15 is 0 Å². The second-order valence-electron chi connectivity index (χ2n) is 8.39. The average Bonchev–Trinajstić information content (AvgIpc) is 2.74. The minimum atomic E-state index is -3.74. The van der Waals surface area contributed by atoms with Crippen LogP contribution < -0.4 is 9.62 Å². The molecule has 33 heavy (non-hydrogen) atoms. The maximum atomic E-state index is 13.6. The molecule has 0 aromatic heterocycles. The van der Waals surface area contributed by atoms with Crippen molar-refractivity contribution >= 4 is 27.5 Å². The van der Waals surface area contributed by atoms with Crippen LogP contribution in [-0.4, -0.2) is 50.5 Å². The van der Waals surface area contributed by atoms with Crippen molar-refractivity contribution < 1.29 is 18.0 Å². The standard InChI is InChI=1S/C25H35N3O4S/c1-7-22(25(30)26-8-2)27(16-21-13-10-18(3)11-14-21)24(29)17-28(33(6,31)32)23-15-19(4)9-12-20(23)5/h9-15,22H,7-8,16-17H2,1-6H3,(H,26,30)/t22-/m1/s1. The Morgan fingerprint density at radius 2 is 1.58 bits per heavy atom. The summed E-state index contributed by atoms with van der Waals surface area (Å²) >= 11 is 0. The van der Waals surface area contributed by atoms with Crippen LogP contribution in [0.15, 0.2) is 42.5 Å². The summed E-state index contributed by atoms with van der Waals surface area (Å²) in [5.41, 5.74) is 4.06. The first-order valence-electron chi connectivity index (χ1n) is 11.2. The number of anilines is 1. The van der Waals surface area contributed by atoms with Crippen molar-refractivity contribution in [2.75, 3.05) is 23.7 Å². The van der Waals surface area contributed by atoms with Crippen molar-refractivity contribution in [1.29, 1.82) is 0 Å². The van der Waals surface area contributed by atoms with Crippen molar-refractivity contribution in [3.8, 4) is 0 Å². The van der Waals surface area contributed by atoms with E-state index in [0.717, 1.165) is 32.8 Å². The summed E-state index contributed by atoms with van der Waals surface area (Å²) in [5.74, 6) is -0.682. The highest BCUT2D eigenvalue weighted by atomic mass is 32.2. The van der Waals surface area contributed by atoms with Crippen molar-refractivity contribution in [3.05, 3.63) is 64.7 Å². The van der Waals surface area contributed by atoms with Crippen LogP contribution in [0.2, 0.25) is 0 Å². The second kappa shape index (κ2) is 11.3. The van der Waals surface area contributed by atoms with Crippen LogP contribution in [0.5, 0.6) is 0 Å². The molecule has 0 heterocycles. The maximum Gasteiger partial charge on any atom is 0.244 e. The number of benzene rings is 2. The number of nitrogens with zero attached hydrogens (tertiary/aromatic N) is 2. The Bertz CT molecular complexity index is 1080. The Kier molecular flexibility index (Phi) is 9.05. The topological polar surface area (TPSA) is 86.8 Å². The number of sulfonamides is 1. The van der Waals surface area contributed by atoms with E-state index in [4.69, 9.17) is 0 Å². The van der Waals surface area contributed by atoms with Gasteiger partial charge >= 0.3 is 0 Å². The number of hydrogen-bond donors (Lipinski definition) is 1. The zero-order valence-electron chi connectivity index (χ0n) is 20.4. The molecule has 180 valence electrons. The molecule has 0 fully saturated rings. The lowest BCUT2D eigenvalue weighted by atomic mass is 10.1. The van der Waals surface area contributed by atoms with Gasteiger partial charge in [0.15, 0.2) is 0 Å². The van der Waals surface area contributed by atoms with Crippen molar-refractivity contribution in [3.63, 3.8) is 0 Å². The van der Waals surface area contributed by atoms with E-state index in [1.165, 1.54) is 4.90 Å². The minimum Gasteiger partial charge on any atom is -0.355 e. The van der Waals surface area contributed by atoms with Crippen LogP contribution >= 0.6 is 0 Å². The van der Waals surface area contributed by atoms with Gasteiger partial charge in [0.05, 0.1) is 11.9 Å². The van der Waals surface area contributed by atoms with Gasteiger partial charge in [-0.2, -0.15) is 0 Å². The lowest BCUT2D eigenvalue weighted by Gasteiger charge is -2.33. The fraction of sp³-hybridized carbons (Fsp3) is 0.440. The van der Waals surface area contributed by atoms with Gasteiger partial charge in [0.25, 0.3) is 0 Å². The van der Waals surface area contributed by atoms with Gasteiger partial charge in [-0.05, 0) is 56.9 Å². The summed E-state index contributed by atoms with van der Waals surface area (Å²) in [6, 6.07) is 12.5. The number of likely N-dealkylation sites (N-methyl/N-ethyl adjacent to an activating group) is 1. The Balaban J connectivity index is 2.46. The lowest BCUT2D eigenvalue weighted by molar-refractivity contribution is -0.140. The van der Waals surface area contributed by atoms with Crippen LogP contribution in [-0.2, 0) is 26.2 Å². The zero-order chi connectivity index (χ0) is 24.8. The molecule has 0 unspecified atom stereocenters. The van der Waals surface area contributed by atoms with E-state index < -0.39 is 22.0 Å². The van der Waals surface area contributed by atoms with Gasteiger partial charge in [0.2, 0.25) is 21.8 Å². The molecule has 0 saturated heterocycles. The van der Waals surface area contributed by atoms with Crippen LogP contribution in [0, 0.1) is 20.8 Å². The van der Waals surface area contributed by atoms with Crippen molar-refractivity contribution in [2.45, 2.75) is 53.6 Å². The predicted molar refractivity (Wildman–Crippen MR) is 133 cm³/mol. The molecule has 0 radical (unpaired) electrons. The molecule has 2 amide bonds. The molecule has 0 bridgehead atoms. The van der Waals surface area contributed by atoms with Gasteiger partial charge in [-0.3, -0.25) is 13.9 Å². The number of amides is 2. The first kappa shape index (κ1) is 26.4. The largest absolute Gasteiger partial charge is 0.355 e. The highest BCUT2D eigenvalue weighted by molar-refractivity contribution is 7.92. The molecule has 1 atom stereocenters. The Hall–Kier alpha value is -2.87. The van der Waals surface area contributed by atoms with Gasteiger partial charge in [-0.15, -0.1) is 0 Å². The van der Waals surface area contributed by atoms with Crippen LogP contribution in [0.3, 0.4) is 0 Å². The number of aryl methyl sites for hydroxylation is 3. The molecule has 7 nitrogen and oxygen atoms in total.